The highest BCUT2D eigenvalue weighted by molar-refractivity contribution is 9.10. The number of carboxylic acid groups (broad SMARTS) is 1. The molecule has 1 atom stereocenters. The summed E-state index contributed by atoms with van der Waals surface area (Å²) in [6.07, 6.45) is 1.55. The van der Waals surface area contributed by atoms with Gasteiger partial charge in [0.15, 0.2) is 0 Å². The molecule has 1 aliphatic heterocycles. The fraction of sp³-hybridized carbons (Fsp3) is 0.417. The van der Waals surface area contributed by atoms with Crippen LogP contribution in [-0.2, 0) is 11.3 Å². The van der Waals surface area contributed by atoms with Crippen molar-refractivity contribution in [2.75, 3.05) is 6.54 Å². The summed E-state index contributed by atoms with van der Waals surface area (Å²) in [4.78, 5) is 12.9. The van der Waals surface area contributed by atoms with Crippen LogP contribution in [0.25, 0.3) is 0 Å². The first-order chi connectivity index (χ1) is 8.08. The van der Waals surface area contributed by atoms with Gasteiger partial charge >= 0.3 is 5.97 Å². The molecule has 17 heavy (non-hydrogen) atoms. The van der Waals surface area contributed by atoms with E-state index in [4.69, 9.17) is 5.11 Å². The predicted molar refractivity (Wildman–Crippen MR) is 65.2 cm³/mol. The lowest BCUT2D eigenvalue weighted by Crippen LogP contribution is -2.35. The lowest BCUT2D eigenvalue weighted by molar-refractivity contribution is -0.142. The van der Waals surface area contributed by atoms with Gasteiger partial charge in [0.25, 0.3) is 0 Å². The second-order valence-electron chi connectivity index (χ2n) is 4.20. The summed E-state index contributed by atoms with van der Waals surface area (Å²) in [5, 5.41) is 9.06. The molecule has 0 unspecified atom stereocenters. The van der Waals surface area contributed by atoms with Crippen molar-refractivity contribution >= 4 is 21.9 Å². The average Bonchev–Trinajstić information content (AvgIpc) is 2.71. The SMILES string of the molecule is O=C(O)[C@H]1CCCN1Cc1cc(F)ccc1Br. The Morgan fingerprint density at radius 2 is 2.35 bits per heavy atom. The highest BCUT2D eigenvalue weighted by Gasteiger charge is 2.30. The second kappa shape index (κ2) is 5.14. The van der Waals surface area contributed by atoms with Gasteiger partial charge in [-0.2, -0.15) is 0 Å². The molecule has 0 spiro atoms. The number of hydrogen-bond donors (Lipinski definition) is 1. The first-order valence-electron chi connectivity index (χ1n) is 5.48. The summed E-state index contributed by atoms with van der Waals surface area (Å²) in [6.45, 7) is 1.22. The van der Waals surface area contributed by atoms with E-state index in [1.165, 1.54) is 12.1 Å². The molecule has 1 heterocycles. The van der Waals surface area contributed by atoms with Gasteiger partial charge in [-0.1, -0.05) is 15.9 Å². The number of carbonyl (C=O) groups is 1. The Kier molecular flexibility index (Phi) is 3.79. The summed E-state index contributed by atoms with van der Waals surface area (Å²) in [7, 11) is 0. The van der Waals surface area contributed by atoms with Crippen LogP contribution in [0, 0.1) is 5.82 Å². The molecule has 1 aromatic carbocycles. The van der Waals surface area contributed by atoms with Crippen molar-refractivity contribution in [1.82, 2.24) is 4.90 Å². The summed E-state index contributed by atoms with van der Waals surface area (Å²) >= 11 is 3.35. The third-order valence-electron chi connectivity index (χ3n) is 3.03. The largest absolute Gasteiger partial charge is 0.480 e. The monoisotopic (exact) mass is 301 g/mol. The Bertz CT molecular complexity index is 439. The van der Waals surface area contributed by atoms with Gasteiger partial charge in [0, 0.05) is 11.0 Å². The minimum atomic E-state index is -0.796. The second-order valence-corrected chi connectivity index (χ2v) is 5.06. The Hall–Kier alpha value is -0.940. The van der Waals surface area contributed by atoms with E-state index in [9.17, 15) is 9.18 Å². The van der Waals surface area contributed by atoms with Crippen molar-refractivity contribution in [2.24, 2.45) is 0 Å². The van der Waals surface area contributed by atoms with Crippen molar-refractivity contribution < 1.29 is 14.3 Å². The van der Waals surface area contributed by atoms with Crippen LogP contribution >= 0.6 is 15.9 Å². The number of benzene rings is 1. The molecule has 2 rings (SSSR count). The van der Waals surface area contributed by atoms with Gasteiger partial charge in [0.2, 0.25) is 0 Å². The first-order valence-corrected chi connectivity index (χ1v) is 6.28. The molecule has 1 aromatic rings. The number of carboxylic acids is 1. The summed E-state index contributed by atoms with van der Waals surface area (Å²) in [5.41, 5.74) is 0.790. The maximum atomic E-state index is 13.1. The molecular weight excluding hydrogens is 289 g/mol. The number of rotatable bonds is 3. The number of nitrogens with zero attached hydrogens (tertiary/aromatic N) is 1. The normalized spacial score (nSPS) is 20.7. The van der Waals surface area contributed by atoms with Gasteiger partial charge in [-0.25, -0.2) is 4.39 Å². The van der Waals surface area contributed by atoms with Crippen molar-refractivity contribution in [3.8, 4) is 0 Å². The van der Waals surface area contributed by atoms with E-state index in [1.807, 2.05) is 4.90 Å². The van der Waals surface area contributed by atoms with Crippen LogP contribution < -0.4 is 0 Å². The van der Waals surface area contributed by atoms with Crippen molar-refractivity contribution in [3.63, 3.8) is 0 Å². The molecule has 0 amide bonds. The van der Waals surface area contributed by atoms with Gasteiger partial charge in [-0.15, -0.1) is 0 Å². The fourth-order valence-electron chi connectivity index (χ4n) is 2.18. The maximum Gasteiger partial charge on any atom is 0.320 e. The quantitative estimate of drug-likeness (QED) is 0.933. The number of hydrogen-bond acceptors (Lipinski definition) is 2. The molecule has 1 N–H and O–H groups in total. The molecule has 0 saturated carbocycles. The highest BCUT2D eigenvalue weighted by Crippen LogP contribution is 2.24. The third kappa shape index (κ3) is 2.84. The summed E-state index contributed by atoms with van der Waals surface area (Å²) < 4.78 is 13.9. The molecule has 0 radical (unpaired) electrons. The predicted octanol–water partition coefficient (Wildman–Crippen LogP) is 2.64. The minimum Gasteiger partial charge on any atom is -0.480 e. The lowest BCUT2D eigenvalue weighted by atomic mass is 10.2. The van der Waals surface area contributed by atoms with Gasteiger partial charge < -0.3 is 5.11 Å². The fourth-order valence-corrected chi connectivity index (χ4v) is 2.55. The summed E-state index contributed by atoms with van der Waals surface area (Å²) in [6, 6.07) is 4.04. The molecule has 0 aromatic heterocycles. The highest BCUT2D eigenvalue weighted by atomic mass is 79.9. The van der Waals surface area contributed by atoms with Crippen LogP contribution in [0.4, 0.5) is 4.39 Å². The third-order valence-corrected chi connectivity index (χ3v) is 3.80. The van der Waals surface area contributed by atoms with E-state index in [0.717, 1.165) is 23.0 Å². The topological polar surface area (TPSA) is 40.5 Å². The van der Waals surface area contributed by atoms with Gasteiger partial charge in [-0.05, 0) is 43.1 Å². The Morgan fingerprint density at radius 3 is 3.06 bits per heavy atom. The summed E-state index contributed by atoms with van der Waals surface area (Å²) in [5.74, 6) is -1.09. The number of aliphatic carboxylic acids is 1. The number of likely N-dealkylation sites (tertiary alicyclic amines) is 1. The minimum absolute atomic E-state index is 0.297. The maximum absolute atomic E-state index is 13.1. The van der Waals surface area contributed by atoms with Crippen molar-refractivity contribution in [3.05, 3.63) is 34.1 Å². The Morgan fingerprint density at radius 1 is 1.59 bits per heavy atom. The van der Waals surface area contributed by atoms with E-state index in [1.54, 1.807) is 6.07 Å². The van der Waals surface area contributed by atoms with E-state index < -0.39 is 12.0 Å². The van der Waals surface area contributed by atoms with Crippen LogP contribution in [0.5, 0.6) is 0 Å². The zero-order valence-electron chi connectivity index (χ0n) is 9.20. The van der Waals surface area contributed by atoms with Crippen LogP contribution in [0.1, 0.15) is 18.4 Å². The zero-order valence-corrected chi connectivity index (χ0v) is 10.8. The molecule has 5 heteroatoms. The molecule has 92 valence electrons. The lowest BCUT2D eigenvalue weighted by Gasteiger charge is -2.21. The van der Waals surface area contributed by atoms with E-state index in [2.05, 4.69) is 15.9 Å². The van der Waals surface area contributed by atoms with Gasteiger partial charge in [0.1, 0.15) is 11.9 Å². The average molecular weight is 302 g/mol. The molecule has 3 nitrogen and oxygen atoms in total. The Labute approximate surface area is 107 Å². The smallest absolute Gasteiger partial charge is 0.320 e. The van der Waals surface area contributed by atoms with Crippen LogP contribution in [0.2, 0.25) is 0 Å². The van der Waals surface area contributed by atoms with Crippen molar-refractivity contribution in [1.29, 1.82) is 0 Å². The zero-order chi connectivity index (χ0) is 12.4. The van der Waals surface area contributed by atoms with E-state index in [0.29, 0.717) is 13.0 Å². The van der Waals surface area contributed by atoms with Crippen LogP contribution in [0.3, 0.4) is 0 Å². The van der Waals surface area contributed by atoms with E-state index >= 15 is 0 Å². The van der Waals surface area contributed by atoms with Crippen LogP contribution in [0.15, 0.2) is 22.7 Å². The standard InChI is InChI=1S/C12H13BrFNO2/c13-10-4-3-9(14)6-8(10)7-15-5-1-2-11(15)12(16)17/h3-4,6,11H,1-2,5,7H2,(H,16,17)/t11-/m1/s1. The van der Waals surface area contributed by atoms with Crippen LogP contribution in [-0.4, -0.2) is 28.6 Å². The molecule has 0 bridgehead atoms. The first kappa shape index (κ1) is 12.5. The Balaban J connectivity index is 2.15. The molecular formula is C12H13BrFNO2. The molecule has 1 fully saturated rings. The molecule has 0 aliphatic carbocycles. The van der Waals surface area contributed by atoms with Gasteiger partial charge in [0.05, 0.1) is 0 Å². The molecule has 1 aliphatic rings. The molecule has 1 saturated heterocycles. The van der Waals surface area contributed by atoms with Gasteiger partial charge in [-0.3, -0.25) is 9.69 Å². The van der Waals surface area contributed by atoms with Crippen molar-refractivity contribution in [2.45, 2.75) is 25.4 Å². The number of halogens is 2. The van der Waals surface area contributed by atoms with E-state index in [-0.39, 0.29) is 5.82 Å².